The van der Waals surface area contributed by atoms with E-state index in [1.807, 2.05) is 6.07 Å². The van der Waals surface area contributed by atoms with Crippen LogP contribution in [0.15, 0.2) is 66.7 Å². The average Bonchev–Trinajstić information content (AvgIpc) is 3.35. The lowest BCUT2D eigenvalue weighted by Gasteiger charge is -2.19. The Morgan fingerprint density at radius 3 is 2.59 bits per heavy atom. The molecule has 0 saturated heterocycles. The van der Waals surface area contributed by atoms with Crippen LogP contribution in [0.5, 0.6) is 5.75 Å². The second kappa shape index (κ2) is 11.2. The van der Waals surface area contributed by atoms with Gasteiger partial charge in [0.25, 0.3) is 22.8 Å². The molecule has 0 aliphatic rings. The number of aromatic nitrogens is 1. The average molecular weight is 552 g/mol. The molecular formula is C26H19F2N5O5S. The lowest BCUT2D eigenvalue weighted by Crippen LogP contribution is -2.18. The van der Waals surface area contributed by atoms with Gasteiger partial charge in [-0.2, -0.15) is 23.6 Å². The zero-order valence-electron chi connectivity index (χ0n) is 20.1. The van der Waals surface area contributed by atoms with Crippen molar-refractivity contribution in [2.45, 2.75) is 5.92 Å². The number of aromatic amines is 1. The molecule has 0 aliphatic heterocycles. The van der Waals surface area contributed by atoms with Gasteiger partial charge in [0.2, 0.25) is 0 Å². The molecular weight excluding hydrogens is 532 g/mol. The minimum atomic E-state index is -3.56. The Bertz CT molecular complexity index is 1710. The summed E-state index contributed by atoms with van der Waals surface area (Å²) in [5, 5.41) is 22.2. The predicted octanol–water partition coefficient (Wildman–Crippen LogP) is 4.23. The molecule has 3 aromatic carbocycles. The first-order valence-electron chi connectivity index (χ1n) is 11.1. The lowest BCUT2D eigenvalue weighted by atomic mass is 9.98. The van der Waals surface area contributed by atoms with Crippen molar-refractivity contribution in [3.8, 4) is 17.9 Å². The molecule has 4 aromatic rings. The Morgan fingerprint density at radius 1 is 1.08 bits per heavy atom. The van der Waals surface area contributed by atoms with Crippen LogP contribution in [0.25, 0.3) is 10.9 Å². The summed E-state index contributed by atoms with van der Waals surface area (Å²) in [6.07, 6.45) is 0. The summed E-state index contributed by atoms with van der Waals surface area (Å²) in [6.45, 7) is -0.407. The van der Waals surface area contributed by atoms with Crippen molar-refractivity contribution >= 4 is 39.2 Å². The first-order chi connectivity index (χ1) is 18.6. The third kappa shape index (κ3) is 6.13. The number of thiol groups is 1. The van der Waals surface area contributed by atoms with Crippen molar-refractivity contribution in [3.63, 3.8) is 0 Å². The number of ether oxygens (including phenoxy) is 1. The van der Waals surface area contributed by atoms with Crippen LogP contribution in [0.4, 0.5) is 20.2 Å². The first kappa shape index (κ1) is 27.1. The number of carbonyl (C=O) groups is 1. The van der Waals surface area contributed by atoms with Crippen LogP contribution in [0, 0.1) is 22.7 Å². The Balaban J connectivity index is 1.65. The second-order valence-corrected chi connectivity index (χ2v) is 8.78. The van der Waals surface area contributed by atoms with E-state index in [-0.39, 0.29) is 22.7 Å². The molecule has 0 atom stereocenters. The van der Waals surface area contributed by atoms with Gasteiger partial charge in [-0.05, 0) is 42.5 Å². The number of hydrogen-bond acceptors (Lipinski definition) is 8. The van der Waals surface area contributed by atoms with E-state index in [4.69, 9.17) is 15.3 Å². The Labute approximate surface area is 222 Å². The number of hydrogen-bond donors (Lipinski definition) is 3. The molecule has 0 radical (unpaired) electrons. The maximum Gasteiger partial charge on any atom is 0.298 e. The van der Waals surface area contributed by atoms with Gasteiger partial charge in [-0.1, -0.05) is 18.2 Å². The van der Waals surface area contributed by atoms with Crippen LogP contribution in [0.3, 0.4) is 0 Å². The largest absolute Gasteiger partial charge is 0.479 e. The molecule has 13 heteroatoms. The van der Waals surface area contributed by atoms with Crippen LogP contribution in [0.2, 0.25) is 0 Å². The number of nitriles is 2. The number of H-pyrrole nitrogens is 1. The number of benzene rings is 3. The van der Waals surface area contributed by atoms with Crippen LogP contribution in [-0.4, -0.2) is 33.0 Å². The van der Waals surface area contributed by atoms with Crippen molar-refractivity contribution in [2.24, 2.45) is 0 Å². The van der Waals surface area contributed by atoms with E-state index < -0.39 is 40.5 Å². The molecule has 198 valence electrons. The molecule has 0 saturated carbocycles. The monoisotopic (exact) mass is 551 g/mol. The van der Waals surface area contributed by atoms with Crippen molar-refractivity contribution < 1.29 is 31.0 Å². The summed E-state index contributed by atoms with van der Waals surface area (Å²) in [7, 11) is -1.72. The Hall–Kier alpha value is -4.98. The standard InChI is InChI=1S/C26H19F2N5O5S/c1-33(38-39(35)36)21-6-5-17-10-24(32-23(17)14-21)25(34)31-20-11-19(12-22(13-20)37-8-7-29)26(27,28)18-4-2-3-16(9-18)15-30/h2-6,9-14,32,39H,8H2,1H3,(H,31,34). The number of alkyl halides is 2. The maximum atomic E-state index is 15.5. The second-order valence-electron chi connectivity index (χ2n) is 8.17. The first-order valence-corrected chi connectivity index (χ1v) is 12.2. The molecule has 0 fully saturated rings. The highest BCUT2D eigenvalue weighted by atomic mass is 32.2. The van der Waals surface area contributed by atoms with Crippen LogP contribution in [0.1, 0.15) is 27.2 Å². The summed E-state index contributed by atoms with van der Waals surface area (Å²) in [4.78, 5) is 15.9. The van der Waals surface area contributed by atoms with Gasteiger partial charge in [0.1, 0.15) is 17.5 Å². The van der Waals surface area contributed by atoms with E-state index >= 15 is 8.78 Å². The van der Waals surface area contributed by atoms with E-state index in [0.717, 1.165) is 23.3 Å². The number of nitrogens with one attached hydrogen (secondary N) is 2. The number of anilines is 2. The third-order valence-electron chi connectivity index (χ3n) is 5.59. The molecule has 1 amide bonds. The number of hydroxylamine groups is 1. The minimum Gasteiger partial charge on any atom is -0.479 e. The van der Waals surface area contributed by atoms with E-state index in [0.29, 0.717) is 16.6 Å². The van der Waals surface area contributed by atoms with Gasteiger partial charge in [-0.3, -0.25) is 4.79 Å². The van der Waals surface area contributed by atoms with E-state index in [1.165, 1.54) is 37.4 Å². The number of carbonyl (C=O) groups excluding carboxylic acids is 1. The summed E-state index contributed by atoms with van der Waals surface area (Å²) < 4.78 is 62.4. The smallest absolute Gasteiger partial charge is 0.298 e. The third-order valence-corrected chi connectivity index (χ3v) is 5.97. The van der Waals surface area contributed by atoms with Gasteiger partial charge in [0.05, 0.1) is 17.3 Å². The SMILES string of the molecule is CN(O[SH](=O)=O)c1ccc2cc(C(=O)Nc3cc(OCC#N)cc(C(F)(F)c4cccc(C#N)c4)c3)[nH]c2c1. The van der Waals surface area contributed by atoms with E-state index in [1.54, 1.807) is 24.3 Å². The highest BCUT2D eigenvalue weighted by molar-refractivity contribution is 7.67. The Kier molecular flexibility index (Phi) is 7.76. The lowest BCUT2D eigenvalue weighted by molar-refractivity contribution is 0.0426. The van der Waals surface area contributed by atoms with Gasteiger partial charge in [0, 0.05) is 40.8 Å². The molecule has 2 N–H and O–H groups in total. The topological polar surface area (TPSA) is 148 Å². The highest BCUT2D eigenvalue weighted by Crippen LogP contribution is 2.39. The summed E-state index contributed by atoms with van der Waals surface area (Å²) in [5.41, 5.74) is 0.0593. The fourth-order valence-corrected chi connectivity index (χ4v) is 4.08. The number of nitrogens with zero attached hydrogens (tertiary/aromatic N) is 3. The zero-order valence-corrected chi connectivity index (χ0v) is 21.0. The summed E-state index contributed by atoms with van der Waals surface area (Å²) in [5.74, 6) is -4.28. The predicted molar refractivity (Wildman–Crippen MR) is 138 cm³/mol. The highest BCUT2D eigenvalue weighted by Gasteiger charge is 2.35. The molecule has 39 heavy (non-hydrogen) atoms. The molecule has 0 bridgehead atoms. The van der Waals surface area contributed by atoms with Gasteiger partial charge in [0.15, 0.2) is 6.61 Å². The van der Waals surface area contributed by atoms with Crippen molar-refractivity contribution in [1.29, 1.82) is 10.5 Å². The van der Waals surface area contributed by atoms with Crippen molar-refractivity contribution in [3.05, 3.63) is 89.1 Å². The molecule has 0 spiro atoms. The van der Waals surface area contributed by atoms with Gasteiger partial charge >= 0.3 is 0 Å². The van der Waals surface area contributed by atoms with Crippen LogP contribution < -0.4 is 15.1 Å². The van der Waals surface area contributed by atoms with E-state index in [9.17, 15) is 13.2 Å². The zero-order chi connectivity index (χ0) is 28.2. The van der Waals surface area contributed by atoms with Crippen LogP contribution >= 0.6 is 0 Å². The molecule has 1 heterocycles. The van der Waals surface area contributed by atoms with E-state index in [2.05, 4.69) is 14.6 Å². The number of fused-ring (bicyclic) bond motifs is 1. The van der Waals surface area contributed by atoms with Gasteiger partial charge in [-0.15, -0.1) is 0 Å². The quantitative estimate of drug-likeness (QED) is 0.207. The van der Waals surface area contributed by atoms with Gasteiger partial charge in [-0.25, -0.2) is 13.5 Å². The molecule has 0 unspecified atom stereocenters. The molecule has 1 aromatic heterocycles. The molecule has 4 rings (SSSR count). The van der Waals surface area contributed by atoms with Crippen molar-refractivity contribution in [1.82, 2.24) is 4.98 Å². The van der Waals surface area contributed by atoms with Gasteiger partial charge < -0.3 is 15.0 Å². The Morgan fingerprint density at radius 2 is 1.87 bits per heavy atom. The summed E-state index contributed by atoms with van der Waals surface area (Å²) in [6, 6.07) is 18.3. The fourth-order valence-electron chi connectivity index (χ4n) is 3.78. The summed E-state index contributed by atoms with van der Waals surface area (Å²) >= 11 is 0. The number of amides is 1. The number of halogens is 2. The van der Waals surface area contributed by atoms with Crippen molar-refractivity contribution in [2.75, 3.05) is 24.0 Å². The normalized spacial score (nSPS) is 11.1. The molecule has 10 nitrogen and oxygen atoms in total. The minimum absolute atomic E-state index is 0.0201. The fraction of sp³-hybridized carbons (Fsp3) is 0.115. The maximum absolute atomic E-state index is 15.5. The van der Waals surface area contributed by atoms with Crippen LogP contribution in [-0.2, 0) is 21.2 Å². The molecule has 0 aliphatic carbocycles. The number of rotatable bonds is 9.